The van der Waals surface area contributed by atoms with Crippen LogP contribution >= 0.6 is 30.1 Å². The number of fused-ring (bicyclic) bond motifs is 1. The van der Waals surface area contributed by atoms with Crippen LogP contribution in [-0.4, -0.2) is 33.1 Å². The third kappa shape index (κ3) is 4.42. The molecule has 2 aromatic rings. The highest BCUT2D eigenvalue weighted by molar-refractivity contribution is 14.2. The summed E-state index contributed by atoms with van der Waals surface area (Å²) in [5, 5.41) is 2.98. The molecule has 1 aromatic carbocycles. The van der Waals surface area contributed by atoms with Crippen LogP contribution < -0.4 is 0 Å². The molecule has 0 spiro atoms. The van der Waals surface area contributed by atoms with Crippen LogP contribution in [0.1, 0.15) is 51.0 Å². The number of rotatable bonds is 1. The summed E-state index contributed by atoms with van der Waals surface area (Å²) in [7, 11) is 1.46. The summed E-state index contributed by atoms with van der Waals surface area (Å²) in [5.74, 6) is 3.90. The van der Waals surface area contributed by atoms with E-state index >= 15 is 0 Å². The first kappa shape index (κ1) is 18.4. The number of carbonyl (C=O) groups is 1. The van der Waals surface area contributed by atoms with Gasteiger partial charge in [0.25, 0.3) is 0 Å². The predicted octanol–water partition coefficient (Wildman–Crippen LogP) is 5.03. The highest BCUT2D eigenvalue weighted by Crippen LogP contribution is 2.32. The lowest BCUT2D eigenvalue weighted by Crippen LogP contribution is -2.36. The Kier molecular flexibility index (Phi) is 5.49. The molecular formula is C18H20IN3O2S. The largest absolute Gasteiger partial charge is 0.444 e. The van der Waals surface area contributed by atoms with Gasteiger partial charge >= 0.3 is 6.09 Å². The highest BCUT2D eigenvalue weighted by Gasteiger charge is 2.34. The Labute approximate surface area is 163 Å². The number of hydrogen-bond donors (Lipinski definition) is 1. The van der Waals surface area contributed by atoms with Gasteiger partial charge in [0.15, 0.2) is 0 Å². The van der Waals surface area contributed by atoms with Crippen molar-refractivity contribution >= 4 is 47.3 Å². The Bertz CT molecular complexity index is 847. The van der Waals surface area contributed by atoms with Crippen molar-refractivity contribution in [2.24, 2.45) is 0 Å². The molecule has 25 heavy (non-hydrogen) atoms. The van der Waals surface area contributed by atoms with Crippen LogP contribution in [0.4, 0.5) is 4.79 Å². The molecule has 1 unspecified atom stereocenters. The molecule has 1 aromatic heterocycles. The Morgan fingerprint density at radius 2 is 2.28 bits per heavy atom. The van der Waals surface area contributed by atoms with E-state index in [1.165, 1.54) is 8.93 Å². The molecule has 5 nitrogen and oxygen atoms in total. The van der Waals surface area contributed by atoms with Gasteiger partial charge in [-0.25, -0.2) is 9.78 Å². The van der Waals surface area contributed by atoms with Crippen molar-refractivity contribution in [3.8, 4) is 11.2 Å². The van der Waals surface area contributed by atoms with Gasteiger partial charge < -0.3 is 9.72 Å². The van der Waals surface area contributed by atoms with E-state index in [0.717, 1.165) is 35.3 Å². The van der Waals surface area contributed by atoms with Gasteiger partial charge in [-0.05, 0) is 66.0 Å². The number of nitrogens with zero attached hydrogens (tertiary/aromatic N) is 2. The minimum atomic E-state index is -0.498. The SMILES string of the molecule is CC(C)(C)OC(=O)N1CCCC1c1nc2ccc(C#CSI)cc2[nH]1. The molecule has 2 heterocycles. The monoisotopic (exact) mass is 469 g/mol. The summed E-state index contributed by atoms with van der Waals surface area (Å²) in [4.78, 5) is 22.3. The molecule has 3 rings (SSSR count). The molecule has 1 amide bonds. The fourth-order valence-corrected chi connectivity index (χ4v) is 3.42. The minimum absolute atomic E-state index is 0.0679. The number of hydrogen-bond acceptors (Lipinski definition) is 4. The van der Waals surface area contributed by atoms with Gasteiger partial charge in [0, 0.05) is 33.3 Å². The summed E-state index contributed by atoms with van der Waals surface area (Å²) in [6, 6.07) is 5.86. The molecular weight excluding hydrogens is 449 g/mol. The first-order valence-corrected chi connectivity index (χ1v) is 11.5. The number of aromatic nitrogens is 2. The Morgan fingerprint density at radius 3 is 3.00 bits per heavy atom. The molecule has 1 fully saturated rings. The van der Waals surface area contributed by atoms with E-state index in [9.17, 15) is 4.79 Å². The molecule has 1 aliphatic rings. The van der Waals surface area contributed by atoms with Crippen LogP contribution in [0.15, 0.2) is 18.2 Å². The number of ether oxygens (including phenoxy) is 1. The molecule has 0 radical (unpaired) electrons. The molecule has 0 aliphatic carbocycles. The summed E-state index contributed by atoms with van der Waals surface area (Å²) in [6.07, 6.45) is 1.56. The zero-order valence-corrected chi connectivity index (χ0v) is 17.4. The number of carbonyl (C=O) groups excluding carboxylic acids is 1. The quantitative estimate of drug-likeness (QED) is 0.471. The van der Waals surface area contributed by atoms with Crippen molar-refractivity contribution in [1.29, 1.82) is 0 Å². The second-order valence-electron chi connectivity index (χ2n) is 6.99. The molecule has 1 atom stereocenters. The van der Waals surface area contributed by atoms with Gasteiger partial charge in [0.05, 0.1) is 17.1 Å². The van der Waals surface area contributed by atoms with Crippen molar-refractivity contribution in [2.45, 2.75) is 45.3 Å². The van der Waals surface area contributed by atoms with Crippen LogP contribution in [0.25, 0.3) is 11.0 Å². The second kappa shape index (κ2) is 7.46. The van der Waals surface area contributed by atoms with E-state index in [0.29, 0.717) is 6.54 Å². The normalized spacial score (nSPS) is 17.4. The van der Waals surface area contributed by atoms with Gasteiger partial charge in [-0.3, -0.25) is 4.90 Å². The van der Waals surface area contributed by atoms with Crippen molar-refractivity contribution in [2.75, 3.05) is 6.54 Å². The molecule has 0 saturated carbocycles. The lowest BCUT2D eigenvalue weighted by molar-refractivity contribution is 0.0219. The van der Waals surface area contributed by atoms with E-state index in [-0.39, 0.29) is 12.1 Å². The molecule has 132 valence electrons. The number of nitrogens with one attached hydrogen (secondary N) is 1. The van der Waals surface area contributed by atoms with Crippen LogP contribution in [0.2, 0.25) is 0 Å². The Morgan fingerprint density at radius 1 is 1.48 bits per heavy atom. The minimum Gasteiger partial charge on any atom is -0.444 e. The lowest BCUT2D eigenvalue weighted by atomic mass is 10.2. The maximum Gasteiger partial charge on any atom is 0.410 e. The first-order valence-electron chi connectivity index (χ1n) is 8.15. The third-order valence-corrected chi connectivity index (χ3v) is 4.77. The van der Waals surface area contributed by atoms with Crippen LogP contribution in [-0.2, 0) is 4.74 Å². The van der Waals surface area contributed by atoms with Crippen LogP contribution in [0.5, 0.6) is 0 Å². The summed E-state index contributed by atoms with van der Waals surface area (Å²) >= 11 is 2.15. The van der Waals surface area contributed by atoms with Crippen LogP contribution in [0, 0.1) is 11.2 Å². The average Bonchev–Trinajstić information content (AvgIpc) is 3.16. The number of imidazole rings is 1. The van der Waals surface area contributed by atoms with Crippen molar-refractivity contribution in [1.82, 2.24) is 14.9 Å². The Balaban J connectivity index is 1.86. The molecule has 1 aliphatic heterocycles. The molecule has 7 heteroatoms. The zero-order valence-electron chi connectivity index (χ0n) is 14.4. The van der Waals surface area contributed by atoms with Gasteiger partial charge in [0.2, 0.25) is 0 Å². The third-order valence-electron chi connectivity index (χ3n) is 3.93. The summed E-state index contributed by atoms with van der Waals surface area (Å²) < 4.78 is 5.53. The zero-order chi connectivity index (χ0) is 18.0. The van der Waals surface area contributed by atoms with E-state index in [1.807, 2.05) is 39.0 Å². The van der Waals surface area contributed by atoms with Crippen molar-refractivity contribution in [3.05, 3.63) is 29.6 Å². The van der Waals surface area contributed by atoms with Gasteiger partial charge in [0.1, 0.15) is 11.4 Å². The van der Waals surface area contributed by atoms with E-state index in [1.54, 1.807) is 4.90 Å². The summed E-state index contributed by atoms with van der Waals surface area (Å²) in [5.41, 5.74) is 2.28. The van der Waals surface area contributed by atoms with Gasteiger partial charge in [-0.15, -0.1) is 0 Å². The second-order valence-corrected chi connectivity index (χ2v) is 8.67. The molecule has 0 bridgehead atoms. The number of likely N-dealkylation sites (tertiary alicyclic amines) is 1. The Hall–Kier alpha value is -1.40. The smallest absolute Gasteiger partial charge is 0.410 e. The van der Waals surface area contributed by atoms with Gasteiger partial charge in [-0.1, -0.05) is 5.92 Å². The average molecular weight is 469 g/mol. The number of amides is 1. The topological polar surface area (TPSA) is 58.2 Å². The van der Waals surface area contributed by atoms with Crippen molar-refractivity contribution in [3.63, 3.8) is 0 Å². The summed E-state index contributed by atoms with van der Waals surface area (Å²) in [6.45, 7) is 6.34. The highest BCUT2D eigenvalue weighted by atomic mass is 127. The first-order chi connectivity index (χ1) is 11.9. The van der Waals surface area contributed by atoms with Crippen LogP contribution in [0.3, 0.4) is 0 Å². The number of H-pyrrole nitrogens is 1. The fourth-order valence-electron chi connectivity index (χ4n) is 2.93. The fraction of sp³-hybridized carbons (Fsp3) is 0.444. The van der Waals surface area contributed by atoms with E-state index in [2.05, 4.69) is 42.3 Å². The molecule has 1 saturated heterocycles. The number of benzene rings is 1. The maximum atomic E-state index is 12.5. The van der Waals surface area contributed by atoms with Gasteiger partial charge in [-0.2, -0.15) is 0 Å². The molecule has 1 N–H and O–H groups in total. The number of halogens is 1. The van der Waals surface area contributed by atoms with E-state index < -0.39 is 5.60 Å². The number of aromatic amines is 1. The lowest BCUT2D eigenvalue weighted by Gasteiger charge is -2.27. The van der Waals surface area contributed by atoms with E-state index in [4.69, 9.17) is 4.74 Å². The predicted molar refractivity (Wildman–Crippen MR) is 109 cm³/mol. The maximum absolute atomic E-state index is 12.5. The van der Waals surface area contributed by atoms with Crippen molar-refractivity contribution < 1.29 is 9.53 Å². The standard InChI is InChI=1S/C18H20IN3O2S/c1-18(2,3)24-17(23)22-9-4-5-15(22)16-20-13-7-6-12(8-10-25-19)11-14(13)21-16/h6-7,11,15H,4-5,9H2,1-3H3,(H,20,21).